The second-order valence-corrected chi connectivity index (χ2v) is 7.98. The molecule has 0 radical (unpaired) electrons. The highest BCUT2D eigenvalue weighted by Gasteiger charge is 2.34. The summed E-state index contributed by atoms with van der Waals surface area (Å²) in [6, 6.07) is 13.8. The van der Waals surface area contributed by atoms with Gasteiger partial charge in [-0.3, -0.25) is 4.79 Å². The van der Waals surface area contributed by atoms with Crippen molar-refractivity contribution in [1.82, 2.24) is 9.88 Å². The molecule has 1 saturated carbocycles. The quantitative estimate of drug-likeness (QED) is 0.527. The highest BCUT2D eigenvalue weighted by molar-refractivity contribution is 7.13. The van der Waals surface area contributed by atoms with Gasteiger partial charge in [-0.05, 0) is 48.7 Å². The lowest BCUT2D eigenvalue weighted by molar-refractivity contribution is 0.0725. The molecular formula is C23H24N2O4S. The summed E-state index contributed by atoms with van der Waals surface area (Å²) in [5.41, 5.74) is 2.45. The SMILES string of the molecule is COc1ccc(CN(C(=O)c2csc(-c3ccc(OC)c(OC)c3)n2)C2CC2)cc1. The number of nitrogens with zero attached hydrogens (tertiary/aromatic N) is 2. The van der Waals surface area contributed by atoms with Crippen LogP contribution in [0.15, 0.2) is 47.8 Å². The van der Waals surface area contributed by atoms with Crippen LogP contribution in [0, 0.1) is 0 Å². The summed E-state index contributed by atoms with van der Waals surface area (Å²) in [6.45, 7) is 0.566. The van der Waals surface area contributed by atoms with E-state index in [1.807, 2.05) is 52.7 Å². The molecule has 6 nitrogen and oxygen atoms in total. The zero-order chi connectivity index (χ0) is 21.1. The molecule has 2 aromatic carbocycles. The van der Waals surface area contributed by atoms with Crippen LogP contribution in [-0.2, 0) is 6.54 Å². The second kappa shape index (κ2) is 8.75. The molecule has 0 saturated heterocycles. The molecule has 0 bridgehead atoms. The van der Waals surface area contributed by atoms with E-state index in [-0.39, 0.29) is 11.9 Å². The van der Waals surface area contributed by atoms with Crippen molar-refractivity contribution in [2.75, 3.05) is 21.3 Å². The molecule has 1 aliphatic rings. The number of hydrogen-bond donors (Lipinski definition) is 0. The highest BCUT2D eigenvalue weighted by atomic mass is 32.1. The van der Waals surface area contributed by atoms with Crippen LogP contribution in [0.25, 0.3) is 10.6 Å². The molecule has 0 spiro atoms. The van der Waals surface area contributed by atoms with E-state index in [2.05, 4.69) is 4.98 Å². The van der Waals surface area contributed by atoms with Crippen LogP contribution in [0.2, 0.25) is 0 Å². The summed E-state index contributed by atoms with van der Waals surface area (Å²) in [7, 11) is 4.85. The van der Waals surface area contributed by atoms with E-state index in [0.717, 1.165) is 34.7 Å². The van der Waals surface area contributed by atoms with Crippen LogP contribution in [0.4, 0.5) is 0 Å². The lowest BCUT2D eigenvalue weighted by atomic mass is 10.2. The van der Waals surface area contributed by atoms with Gasteiger partial charge in [0.15, 0.2) is 11.5 Å². The average Bonchev–Trinajstić information content (AvgIpc) is 3.52. The Kier molecular flexibility index (Phi) is 5.90. The third-order valence-corrected chi connectivity index (χ3v) is 6.01. The molecule has 30 heavy (non-hydrogen) atoms. The fraction of sp³-hybridized carbons (Fsp3) is 0.304. The number of rotatable bonds is 8. The van der Waals surface area contributed by atoms with E-state index in [1.165, 1.54) is 11.3 Å². The first-order valence-electron chi connectivity index (χ1n) is 9.74. The minimum atomic E-state index is -0.0312. The van der Waals surface area contributed by atoms with Gasteiger partial charge in [0.2, 0.25) is 0 Å². The monoisotopic (exact) mass is 424 g/mol. The van der Waals surface area contributed by atoms with Crippen molar-refractivity contribution in [3.05, 3.63) is 59.1 Å². The molecular weight excluding hydrogens is 400 g/mol. The van der Waals surface area contributed by atoms with E-state index in [0.29, 0.717) is 23.7 Å². The first-order chi connectivity index (χ1) is 14.6. The third-order valence-electron chi connectivity index (χ3n) is 5.11. The minimum absolute atomic E-state index is 0.0312. The van der Waals surface area contributed by atoms with Gasteiger partial charge in [0.1, 0.15) is 16.5 Å². The van der Waals surface area contributed by atoms with Crippen molar-refractivity contribution in [1.29, 1.82) is 0 Å². The number of carbonyl (C=O) groups is 1. The summed E-state index contributed by atoms with van der Waals surface area (Å²) in [5, 5.41) is 2.61. The Morgan fingerprint density at radius 3 is 2.40 bits per heavy atom. The maximum Gasteiger partial charge on any atom is 0.273 e. The van der Waals surface area contributed by atoms with E-state index in [9.17, 15) is 4.79 Å². The normalized spacial score (nSPS) is 13.0. The highest BCUT2D eigenvalue weighted by Crippen LogP contribution is 2.35. The van der Waals surface area contributed by atoms with Crippen molar-refractivity contribution in [3.8, 4) is 27.8 Å². The molecule has 4 rings (SSSR count). The van der Waals surface area contributed by atoms with Gasteiger partial charge < -0.3 is 19.1 Å². The smallest absolute Gasteiger partial charge is 0.273 e. The van der Waals surface area contributed by atoms with Crippen LogP contribution < -0.4 is 14.2 Å². The minimum Gasteiger partial charge on any atom is -0.497 e. The van der Waals surface area contributed by atoms with Crippen LogP contribution in [-0.4, -0.2) is 43.2 Å². The van der Waals surface area contributed by atoms with Gasteiger partial charge in [0, 0.05) is 23.5 Å². The summed E-state index contributed by atoms with van der Waals surface area (Å²) in [6.07, 6.45) is 2.07. The van der Waals surface area contributed by atoms with E-state index in [4.69, 9.17) is 14.2 Å². The molecule has 7 heteroatoms. The molecule has 0 atom stereocenters. The molecule has 1 amide bonds. The lowest BCUT2D eigenvalue weighted by Gasteiger charge is -2.21. The Labute approximate surface area is 180 Å². The molecule has 156 valence electrons. The summed E-state index contributed by atoms with van der Waals surface area (Å²) in [5.74, 6) is 2.07. The van der Waals surface area contributed by atoms with Crippen LogP contribution in [0.5, 0.6) is 17.2 Å². The van der Waals surface area contributed by atoms with Gasteiger partial charge in [0.05, 0.1) is 21.3 Å². The molecule has 1 aromatic heterocycles. The van der Waals surface area contributed by atoms with Gasteiger partial charge >= 0.3 is 0 Å². The molecule has 1 fully saturated rings. The van der Waals surface area contributed by atoms with Gasteiger partial charge in [-0.1, -0.05) is 12.1 Å². The third kappa shape index (κ3) is 4.26. The lowest BCUT2D eigenvalue weighted by Crippen LogP contribution is -2.32. The number of amides is 1. The fourth-order valence-corrected chi connectivity index (χ4v) is 4.09. The van der Waals surface area contributed by atoms with Gasteiger partial charge in [-0.2, -0.15) is 0 Å². The Morgan fingerprint density at radius 1 is 1.03 bits per heavy atom. The largest absolute Gasteiger partial charge is 0.497 e. The molecule has 3 aromatic rings. The summed E-state index contributed by atoms with van der Waals surface area (Å²) < 4.78 is 15.9. The topological polar surface area (TPSA) is 60.9 Å². The first kappa shape index (κ1) is 20.2. The summed E-state index contributed by atoms with van der Waals surface area (Å²) in [4.78, 5) is 19.8. The van der Waals surface area contributed by atoms with E-state index >= 15 is 0 Å². The molecule has 1 aliphatic carbocycles. The van der Waals surface area contributed by atoms with Crippen molar-refractivity contribution >= 4 is 17.2 Å². The maximum atomic E-state index is 13.2. The van der Waals surface area contributed by atoms with Gasteiger partial charge in [-0.25, -0.2) is 4.98 Å². The van der Waals surface area contributed by atoms with E-state index in [1.54, 1.807) is 21.3 Å². The van der Waals surface area contributed by atoms with Crippen LogP contribution >= 0.6 is 11.3 Å². The number of aromatic nitrogens is 1. The number of methoxy groups -OCH3 is 3. The number of thiazole rings is 1. The Morgan fingerprint density at radius 2 is 1.77 bits per heavy atom. The van der Waals surface area contributed by atoms with Crippen LogP contribution in [0.1, 0.15) is 28.9 Å². The van der Waals surface area contributed by atoms with Gasteiger partial charge in [0.25, 0.3) is 5.91 Å². The Balaban J connectivity index is 1.54. The summed E-state index contributed by atoms with van der Waals surface area (Å²) >= 11 is 1.45. The van der Waals surface area contributed by atoms with Crippen LogP contribution in [0.3, 0.4) is 0 Å². The number of ether oxygens (including phenoxy) is 3. The predicted octanol–water partition coefficient (Wildman–Crippen LogP) is 4.64. The second-order valence-electron chi connectivity index (χ2n) is 7.12. The number of benzene rings is 2. The Bertz CT molecular complexity index is 1030. The number of hydrogen-bond acceptors (Lipinski definition) is 6. The average molecular weight is 425 g/mol. The molecule has 0 unspecified atom stereocenters. The first-order valence-corrected chi connectivity index (χ1v) is 10.6. The zero-order valence-electron chi connectivity index (χ0n) is 17.3. The van der Waals surface area contributed by atoms with Crippen molar-refractivity contribution in [2.45, 2.75) is 25.4 Å². The maximum absolute atomic E-state index is 13.2. The van der Waals surface area contributed by atoms with Gasteiger partial charge in [-0.15, -0.1) is 11.3 Å². The Hall–Kier alpha value is -3.06. The van der Waals surface area contributed by atoms with Crippen molar-refractivity contribution in [2.24, 2.45) is 0 Å². The van der Waals surface area contributed by atoms with E-state index < -0.39 is 0 Å². The number of carbonyl (C=O) groups excluding carboxylic acids is 1. The predicted molar refractivity (Wildman–Crippen MR) is 117 cm³/mol. The molecule has 0 N–H and O–H groups in total. The fourth-order valence-electron chi connectivity index (χ4n) is 3.30. The zero-order valence-corrected chi connectivity index (χ0v) is 18.1. The van der Waals surface area contributed by atoms with Crippen molar-refractivity contribution < 1.29 is 19.0 Å². The van der Waals surface area contributed by atoms with Crippen molar-refractivity contribution in [3.63, 3.8) is 0 Å². The molecule has 0 aliphatic heterocycles. The standard InChI is InChI=1S/C23H24N2O4S/c1-27-18-9-4-15(5-10-18)13-25(17-7-8-17)23(26)19-14-30-22(24-19)16-6-11-20(28-2)21(12-16)29-3/h4-6,9-12,14,17H,7-8,13H2,1-3H3. The molecule has 1 heterocycles.